The third-order valence-corrected chi connectivity index (χ3v) is 11.1. The number of nitrogens with two attached hydrogens (primary N) is 1. The first-order valence-corrected chi connectivity index (χ1v) is 19.6. The highest BCUT2D eigenvalue weighted by atomic mass is 35.5. The minimum absolute atomic E-state index is 0.0373. The molecule has 2 aromatic heterocycles. The lowest BCUT2D eigenvalue weighted by Gasteiger charge is -2.32. The summed E-state index contributed by atoms with van der Waals surface area (Å²) in [7, 11) is 0. The summed E-state index contributed by atoms with van der Waals surface area (Å²) in [6, 6.07) is 8.42. The van der Waals surface area contributed by atoms with Crippen LogP contribution in [-0.2, 0) is 20.8 Å². The quantitative estimate of drug-likeness (QED) is 0.0720. The molecule has 1 atom stereocenters. The summed E-state index contributed by atoms with van der Waals surface area (Å²) in [5.41, 5.74) is 8.97. The molecule has 300 valence electrons. The van der Waals surface area contributed by atoms with Gasteiger partial charge in [-0.15, -0.1) is 11.8 Å². The van der Waals surface area contributed by atoms with Crippen LogP contribution < -0.4 is 21.1 Å². The van der Waals surface area contributed by atoms with Gasteiger partial charge in [0.1, 0.15) is 11.9 Å². The summed E-state index contributed by atoms with van der Waals surface area (Å²) in [5.74, 6) is 3.95. The Balaban J connectivity index is 0.838. The minimum Gasteiger partial charge on any atom is -0.489 e. The fourth-order valence-electron chi connectivity index (χ4n) is 7.28. The smallest absolute Gasteiger partial charge is 0.264 e. The number of likely N-dealkylation sites (tertiary alicyclic amines) is 1. The number of fused-ring (bicyclic) bond motifs is 1. The topological polar surface area (TPSA) is 182 Å². The number of ether oxygens (including phenoxy) is 1. The molecule has 3 aliphatic rings. The molecule has 0 unspecified atom stereocenters. The molecule has 58 heavy (non-hydrogen) atoms. The molecule has 3 aliphatic heterocycles. The van der Waals surface area contributed by atoms with Gasteiger partial charge in [0, 0.05) is 86.0 Å². The molecule has 0 spiro atoms. The van der Waals surface area contributed by atoms with Gasteiger partial charge >= 0.3 is 0 Å². The summed E-state index contributed by atoms with van der Waals surface area (Å²) in [5, 5.41) is 10.3. The van der Waals surface area contributed by atoms with E-state index < -0.39 is 35.5 Å². The molecular formula is C41H39Cl2FN8O6. The van der Waals surface area contributed by atoms with E-state index in [1.165, 1.54) is 12.1 Å². The van der Waals surface area contributed by atoms with Crippen LogP contribution in [0.15, 0.2) is 55.0 Å². The summed E-state index contributed by atoms with van der Waals surface area (Å²) in [4.78, 5) is 70.3. The molecule has 0 saturated carbocycles. The maximum atomic E-state index is 13.9. The Morgan fingerprint density at radius 3 is 2.60 bits per heavy atom. The largest absolute Gasteiger partial charge is 0.489 e. The average molecular weight is 830 g/mol. The van der Waals surface area contributed by atoms with Crippen molar-refractivity contribution >= 4 is 64.2 Å². The molecule has 5 heterocycles. The summed E-state index contributed by atoms with van der Waals surface area (Å²) >= 11 is 12.3. The minimum atomic E-state index is -1.03. The van der Waals surface area contributed by atoms with Crippen LogP contribution in [0.25, 0.3) is 11.1 Å². The number of halogens is 3. The van der Waals surface area contributed by atoms with Gasteiger partial charge in [-0.3, -0.25) is 38.9 Å². The van der Waals surface area contributed by atoms with Crippen LogP contribution in [0.3, 0.4) is 0 Å². The van der Waals surface area contributed by atoms with Gasteiger partial charge in [-0.2, -0.15) is 5.10 Å². The Morgan fingerprint density at radius 1 is 1.02 bits per heavy atom. The number of amides is 5. The highest BCUT2D eigenvalue weighted by Gasteiger charge is 2.45. The second-order valence-electron chi connectivity index (χ2n) is 14.1. The van der Waals surface area contributed by atoms with Gasteiger partial charge < -0.3 is 20.7 Å². The van der Waals surface area contributed by atoms with Gasteiger partial charge in [-0.25, -0.2) is 9.37 Å². The fraction of sp³-hybridized carbons (Fsp3) is 0.341. The van der Waals surface area contributed by atoms with Crippen molar-refractivity contribution in [3.05, 3.63) is 87.5 Å². The standard InChI is InChI=1S/C41H39Cl2FN8O6/c42-29-9-10-30(44)37(43)27(29)15-19-58-33-20-24(21-47-38(33)45)25-22-48-51(23-25)26-13-17-50(18-14-26)35(54)8-3-1-2-4-16-46-31-7-5-6-28-36(31)41(57)52(40(28)56)32-11-12-34(53)49-39(32)55/h5-7,9-10,20-23,26,32,46H,3-4,8,11-19H2,(H2,45,47)(H,49,53,55)/t32-/m1/s1. The number of hydrogen-bond donors (Lipinski definition) is 3. The molecule has 0 aliphatic carbocycles. The monoisotopic (exact) mass is 828 g/mol. The second-order valence-corrected chi connectivity index (χ2v) is 14.8. The number of benzene rings is 2. The Labute approximate surface area is 343 Å². The van der Waals surface area contributed by atoms with E-state index in [0.29, 0.717) is 60.9 Å². The van der Waals surface area contributed by atoms with Gasteiger partial charge in [0.05, 0.1) is 35.0 Å². The van der Waals surface area contributed by atoms with Gasteiger partial charge in [-0.05, 0) is 55.2 Å². The maximum absolute atomic E-state index is 13.9. The third-order valence-electron chi connectivity index (χ3n) is 10.4. The maximum Gasteiger partial charge on any atom is 0.264 e. The molecule has 7 rings (SSSR count). The lowest BCUT2D eigenvalue weighted by atomic mass is 10.0. The van der Waals surface area contributed by atoms with E-state index in [4.69, 9.17) is 33.7 Å². The van der Waals surface area contributed by atoms with Crippen LogP contribution in [0.5, 0.6) is 5.75 Å². The van der Waals surface area contributed by atoms with Gasteiger partial charge in [0.25, 0.3) is 11.8 Å². The van der Waals surface area contributed by atoms with Crippen LogP contribution in [-0.4, -0.2) is 86.4 Å². The number of rotatable bonds is 12. The number of piperidine rings is 2. The molecule has 17 heteroatoms. The summed E-state index contributed by atoms with van der Waals surface area (Å²) < 4.78 is 21.7. The second kappa shape index (κ2) is 17.7. The SMILES string of the molecule is Nc1ncc(-c2cnn(C3CCN(C(=O)CCC#CCCNc4cccc5c4C(=O)N([C@@H]4CCC(=O)NC4=O)C5=O)CC3)c2)cc1OCCc1c(Cl)ccc(F)c1Cl. The third kappa shape index (κ3) is 8.63. The van der Waals surface area contributed by atoms with Crippen molar-refractivity contribution in [1.29, 1.82) is 0 Å². The van der Waals surface area contributed by atoms with Gasteiger partial charge in [0.2, 0.25) is 17.7 Å². The summed E-state index contributed by atoms with van der Waals surface area (Å²) in [6.07, 6.45) is 8.37. The van der Waals surface area contributed by atoms with Crippen molar-refractivity contribution in [3.8, 4) is 28.7 Å². The molecule has 0 bridgehead atoms. The Hall–Kier alpha value is -5.98. The zero-order valence-corrected chi connectivity index (χ0v) is 32.7. The first kappa shape index (κ1) is 40.2. The van der Waals surface area contributed by atoms with Gasteiger partial charge in [0.15, 0.2) is 11.6 Å². The number of carbonyl (C=O) groups excluding carboxylic acids is 5. The van der Waals surface area contributed by atoms with Gasteiger partial charge in [-0.1, -0.05) is 29.3 Å². The number of nitrogens with zero attached hydrogens (tertiary/aromatic N) is 5. The van der Waals surface area contributed by atoms with Crippen LogP contribution in [0.1, 0.15) is 77.3 Å². The van der Waals surface area contributed by atoms with Crippen molar-refractivity contribution in [3.63, 3.8) is 0 Å². The number of pyridine rings is 1. The lowest BCUT2D eigenvalue weighted by molar-refractivity contribution is -0.136. The number of nitrogen functional groups attached to an aromatic ring is 1. The average Bonchev–Trinajstić information content (AvgIpc) is 3.81. The molecule has 4 N–H and O–H groups in total. The van der Waals surface area contributed by atoms with E-state index >= 15 is 0 Å². The Morgan fingerprint density at radius 2 is 1.81 bits per heavy atom. The number of carbonyl (C=O) groups is 5. The van der Waals surface area contributed by atoms with E-state index in [0.717, 1.165) is 28.9 Å². The predicted octanol–water partition coefficient (Wildman–Crippen LogP) is 5.45. The Kier molecular flexibility index (Phi) is 12.2. The highest BCUT2D eigenvalue weighted by molar-refractivity contribution is 6.36. The number of hydrogen-bond acceptors (Lipinski definition) is 10. The van der Waals surface area contributed by atoms with Crippen LogP contribution in [0, 0.1) is 17.7 Å². The van der Waals surface area contributed by atoms with E-state index in [1.807, 2.05) is 15.8 Å². The zero-order valence-electron chi connectivity index (χ0n) is 31.2. The molecule has 0 radical (unpaired) electrons. The normalized spacial score (nSPS) is 16.8. The van der Waals surface area contributed by atoms with Crippen LogP contribution >= 0.6 is 23.2 Å². The molecule has 2 aromatic carbocycles. The van der Waals surface area contributed by atoms with Crippen molar-refractivity contribution in [2.75, 3.05) is 37.3 Å². The number of anilines is 2. The van der Waals surface area contributed by atoms with E-state index in [9.17, 15) is 28.4 Å². The van der Waals surface area contributed by atoms with Crippen molar-refractivity contribution < 1.29 is 33.1 Å². The van der Waals surface area contributed by atoms with Crippen molar-refractivity contribution in [2.45, 2.75) is 63.5 Å². The van der Waals surface area contributed by atoms with Crippen LogP contribution in [0.2, 0.25) is 10.0 Å². The number of nitrogens with one attached hydrogen (secondary N) is 2. The molecular weight excluding hydrogens is 790 g/mol. The summed E-state index contributed by atoms with van der Waals surface area (Å²) in [6.45, 7) is 1.75. The molecule has 5 amide bonds. The number of aromatic nitrogens is 3. The predicted molar refractivity (Wildman–Crippen MR) is 214 cm³/mol. The molecule has 4 aromatic rings. The van der Waals surface area contributed by atoms with Crippen molar-refractivity contribution in [2.24, 2.45) is 0 Å². The van der Waals surface area contributed by atoms with E-state index in [1.54, 1.807) is 36.7 Å². The van der Waals surface area contributed by atoms with E-state index in [2.05, 4.69) is 32.6 Å². The molecule has 2 saturated heterocycles. The highest BCUT2D eigenvalue weighted by Crippen LogP contribution is 2.33. The molecule has 14 nitrogen and oxygen atoms in total. The van der Waals surface area contributed by atoms with Crippen LogP contribution in [0.4, 0.5) is 15.9 Å². The molecule has 2 fully saturated rings. The lowest BCUT2D eigenvalue weighted by Crippen LogP contribution is -2.54. The number of imide groups is 2. The Bertz CT molecular complexity index is 2350. The first-order chi connectivity index (χ1) is 28.0. The fourth-order valence-corrected chi connectivity index (χ4v) is 7.84. The zero-order chi connectivity index (χ0) is 40.9. The van der Waals surface area contributed by atoms with E-state index in [-0.39, 0.29) is 59.8 Å². The van der Waals surface area contributed by atoms with Crippen molar-refractivity contribution in [1.82, 2.24) is 29.9 Å². The first-order valence-electron chi connectivity index (χ1n) is 18.9.